The predicted molar refractivity (Wildman–Crippen MR) is 62.3 cm³/mol. The Balaban J connectivity index is 2.26. The van der Waals surface area contributed by atoms with Crippen molar-refractivity contribution in [1.29, 1.82) is 0 Å². The quantitative estimate of drug-likeness (QED) is 0.741. The lowest BCUT2D eigenvalue weighted by Gasteiger charge is -2.20. The first-order valence-electron chi connectivity index (χ1n) is 5.95. The number of ether oxygens (including phenoxy) is 1. The standard InChI is InChI=1S/C12H21NO4/c1-12(2,3)17-11(16)5-4-10(15)13-7-6-9(14)8-13/h9,14H,4-8H2,1-3H3. The van der Waals surface area contributed by atoms with E-state index in [0.717, 1.165) is 0 Å². The van der Waals surface area contributed by atoms with Crippen LogP contribution in [0.1, 0.15) is 40.0 Å². The Morgan fingerprint density at radius 3 is 2.47 bits per heavy atom. The lowest BCUT2D eigenvalue weighted by atomic mass is 10.2. The second-order valence-corrected chi connectivity index (χ2v) is 5.37. The van der Waals surface area contributed by atoms with Crippen LogP contribution in [-0.2, 0) is 14.3 Å². The summed E-state index contributed by atoms with van der Waals surface area (Å²) in [6, 6.07) is 0. The first-order chi connectivity index (χ1) is 7.78. The van der Waals surface area contributed by atoms with Gasteiger partial charge >= 0.3 is 5.97 Å². The van der Waals surface area contributed by atoms with Crippen LogP contribution in [0.15, 0.2) is 0 Å². The van der Waals surface area contributed by atoms with Gasteiger partial charge in [0.15, 0.2) is 0 Å². The van der Waals surface area contributed by atoms with Crippen molar-refractivity contribution in [2.45, 2.75) is 51.7 Å². The Bertz CT molecular complexity index is 295. The molecule has 1 N–H and O–H groups in total. The molecular formula is C12H21NO4. The number of amides is 1. The van der Waals surface area contributed by atoms with Crippen LogP contribution in [0, 0.1) is 0 Å². The molecule has 1 amide bonds. The number of β-amino-alcohol motifs (C(OH)–C–C–N with tert-alkyl or cyclic N) is 1. The summed E-state index contributed by atoms with van der Waals surface area (Å²) in [7, 11) is 0. The van der Waals surface area contributed by atoms with Crippen LogP contribution in [0.3, 0.4) is 0 Å². The molecule has 0 aromatic carbocycles. The molecule has 5 heteroatoms. The Labute approximate surface area is 102 Å². The zero-order valence-electron chi connectivity index (χ0n) is 10.7. The summed E-state index contributed by atoms with van der Waals surface area (Å²) in [4.78, 5) is 24.7. The molecule has 1 atom stereocenters. The molecule has 0 bridgehead atoms. The Morgan fingerprint density at radius 1 is 1.35 bits per heavy atom. The first kappa shape index (κ1) is 14.0. The van der Waals surface area contributed by atoms with Gasteiger partial charge in [-0.1, -0.05) is 0 Å². The van der Waals surface area contributed by atoms with Gasteiger partial charge in [-0.15, -0.1) is 0 Å². The molecule has 0 aromatic heterocycles. The molecule has 17 heavy (non-hydrogen) atoms. The molecule has 1 fully saturated rings. The van der Waals surface area contributed by atoms with Crippen LogP contribution in [0.25, 0.3) is 0 Å². The van der Waals surface area contributed by atoms with Crippen LogP contribution in [0.2, 0.25) is 0 Å². The van der Waals surface area contributed by atoms with Gasteiger partial charge in [0.2, 0.25) is 5.91 Å². The predicted octanol–water partition coefficient (Wildman–Crippen LogP) is 0.701. The fourth-order valence-electron chi connectivity index (χ4n) is 1.73. The van der Waals surface area contributed by atoms with Crippen molar-refractivity contribution in [2.75, 3.05) is 13.1 Å². The second kappa shape index (κ2) is 5.49. The molecule has 0 aliphatic carbocycles. The van der Waals surface area contributed by atoms with Crippen molar-refractivity contribution >= 4 is 11.9 Å². The van der Waals surface area contributed by atoms with E-state index in [2.05, 4.69) is 0 Å². The Hall–Kier alpha value is -1.10. The van der Waals surface area contributed by atoms with Crippen LogP contribution in [0.4, 0.5) is 0 Å². The third-order valence-electron chi connectivity index (χ3n) is 2.48. The van der Waals surface area contributed by atoms with Gasteiger partial charge in [-0.2, -0.15) is 0 Å². The highest BCUT2D eigenvalue weighted by molar-refractivity contribution is 5.81. The average molecular weight is 243 g/mol. The van der Waals surface area contributed by atoms with E-state index in [1.54, 1.807) is 25.7 Å². The number of rotatable bonds is 3. The summed E-state index contributed by atoms with van der Waals surface area (Å²) < 4.78 is 5.11. The average Bonchev–Trinajstić information content (AvgIpc) is 2.58. The minimum atomic E-state index is -0.510. The van der Waals surface area contributed by atoms with Gasteiger partial charge in [0.1, 0.15) is 5.60 Å². The highest BCUT2D eigenvalue weighted by Crippen LogP contribution is 2.13. The van der Waals surface area contributed by atoms with E-state index in [1.807, 2.05) is 0 Å². The van der Waals surface area contributed by atoms with Crippen molar-refractivity contribution < 1.29 is 19.4 Å². The molecule has 0 spiro atoms. The number of aliphatic hydroxyl groups excluding tert-OH is 1. The lowest BCUT2D eigenvalue weighted by Crippen LogP contribution is -2.30. The monoisotopic (exact) mass is 243 g/mol. The van der Waals surface area contributed by atoms with Crippen molar-refractivity contribution in [1.82, 2.24) is 4.90 Å². The van der Waals surface area contributed by atoms with Crippen LogP contribution >= 0.6 is 0 Å². The Morgan fingerprint density at radius 2 is 2.00 bits per heavy atom. The van der Waals surface area contributed by atoms with Crippen molar-refractivity contribution in [3.05, 3.63) is 0 Å². The van der Waals surface area contributed by atoms with Gasteiger partial charge in [-0.05, 0) is 27.2 Å². The highest BCUT2D eigenvalue weighted by atomic mass is 16.6. The van der Waals surface area contributed by atoms with Gasteiger partial charge in [-0.25, -0.2) is 0 Å². The van der Waals surface area contributed by atoms with Gasteiger partial charge in [0.25, 0.3) is 0 Å². The summed E-state index contributed by atoms with van der Waals surface area (Å²) in [6.07, 6.45) is 0.461. The first-order valence-corrected chi connectivity index (χ1v) is 5.95. The molecule has 1 unspecified atom stereocenters. The molecule has 1 heterocycles. The summed E-state index contributed by atoms with van der Waals surface area (Å²) in [5.74, 6) is -0.446. The normalized spacial score (nSPS) is 20.5. The molecule has 0 aromatic rings. The number of hydrogen-bond acceptors (Lipinski definition) is 4. The van der Waals surface area contributed by atoms with Crippen molar-refractivity contribution in [3.8, 4) is 0 Å². The maximum Gasteiger partial charge on any atom is 0.306 e. The third kappa shape index (κ3) is 5.17. The number of hydrogen-bond donors (Lipinski definition) is 1. The largest absolute Gasteiger partial charge is 0.460 e. The topological polar surface area (TPSA) is 66.8 Å². The molecule has 0 radical (unpaired) electrons. The molecule has 98 valence electrons. The fourth-order valence-corrected chi connectivity index (χ4v) is 1.73. The summed E-state index contributed by atoms with van der Waals surface area (Å²) in [6.45, 7) is 6.35. The molecule has 1 aliphatic heterocycles. The van der Waals surface area contributed by atoms with E-state index in [4.69, 9.17) is 4.74 Å². The minimum Gasteiger partial charge on any atom is -0.460 e. The van der Waals surface area contributed by atoms with E-state index in [1.165, 1.54) is 0 Å². The number of nitrogens with zero attached hydrogens (tertiary/aromatic N) is 1. The minimum absolute atomic E-state index is 0.0904. The van der Waals surface area contributed by atoms with Gasteiger partial charge < -0.3 is 14.7 Å². The van der Waals surface area contributed by atoms with Gasteiger partial charge in [0.05, 0.1) is 12.5 Å². The Kier molecular flexibility index (Phi) is 4.51. The van der Waals surface area contributed by atoms with Crippen LogP contribution in [0.5, 0.6) is 0 Å². The number of carbonyl (C=O) groups is 2. The van der Waals surface area contributed by atoms with Crippen LogP contribution in [-0.4, -0.2) is 46.7 Å². The number of likely N-dealkylation sites (tertiary alicyclic amines) is 1. The zero-order chi connectivity index (χ0) is 13.1. The molecule has 1 saturated heterocycles. The smallest absolute Gasteiger partial charge is 0.306 e. The third-order valence-corrected chi connectivity index (χ3v) is 2.48. The zero-order valence-corrected chi connectivity index (χ0v) is 10.7. The number of esters is 1. The molecule has 1 aliphatic rings. The number of aliphatic hydroxyl groups is 1. The highest BCUT2D eigenvalue weighted by Gasteiger charge is 2.25. The maximum atomic E-state index is 11.7. The molecular weight excluding hydrogens is 222 g/mol. The molecule has 5 nitrogen and oxygen atoms in total. The molecule has 0 saturated carbocycles. The van der Waals surface area contributed by atoms with Gasteiger partial charge in [0, 0.05) is 19.5 Å². The van der Waals surface area contributed by atoms with E-state index in [-0.39, 0.29) is 24.7 Å². The lowest BCUT2D eigenvalue weighted by molar-refractivity contribution is -0.156. The SMILES string of the molecule is CC(C)(C)OC(=O)CCC(=O)N1CCC(O)C1. The van der Waals surface area contributed by atoms with Crippen LogP contribution < -0.4 is 0 Å². The van der Waals surface area contributed by atoms with E-state index < -0.39 is 11.7 Å². The number of carbonyl (C=O) groups excluding carboxylic acids is 2. The summed E-state index contributed by atoms with van der Waals surface area (Å²) in [5, 5.41) is 9.29. The van der Waals surface area contributed by atoms with Gasteiger partial charge in [-0.3, -0.25) is 9.59 Å². The van der Waals surface area contributed by atoms with Crippen molar-refractivity contribution in [2.24, 2.45) is 0 Å². The maximum absolute atomic E-state index is 11.7. The molecule has 1 rings (SSSR count). The van der Waals surface area contributed by atoms with E-state index in [0.29, 0.717) is 19.5 Å². The van der Waals surface area contributed by atoms with E-state index in [9.17, 15) is 14.7 Å². The second-order valence-electron chi connectivity index (χ2n) is 5.37. The van der Waals surface area contributed by atoms with Crippen molar-refractivity contribution in [3.63, 3.8) is 0 Å². The summed E-state index contributed by atoms with van der Waals surface area (Å²) in [5.41, 5.74) is -0.510. The summed E-state index contributed by atoms with van der Waals surface area (Å²) >= 11 is 0. The van der Waals surface area contributed by atoms with E-state index >= 15 is 0 Å². The fraction of sp³-hybridized carbons (Fsp3) is 0.833.